The fourth-order valence-electron chi connectivity index (χ4n) is 1.87. The number of methoxy groups -OCH3 is 1. The molecule has 0 aliphatic heterocycles. The van der Waals surface area contributed by atoms with Gasteiger partial charge in [-0.2, -0.15) is 0 Å². The van der Waals surface area contributed by atoms with Crippen molar-refractivity contribution in [1.29, 1.82) is 0 Å². The smallest absolute Gasteiger partial charge is 0.338 e. The minimum Gasteiger partial charge on any atom is -0.494 e. The van der Waals surface area contributed by atoms with Crippen molar-refractivity contribution in [2.45, 2.75) is 0 Å². The summed E-state index contributed by atoms with van der Waals surface area (Å²) in [7, 11) is 1.29. The molecule has 0 fully saturated rings. The van der Waals surface area contributed by atoms with Gasteiger partial charge in [0.05, 0.1) is 17.6 Å². The Balaban J connectivity index is 1.89. The molecule has 0 heterocycles. The Morgan fingerprint density at radius 2 is 1.88 bits per heavy atom. The summed E-state index contributed by atoms with van der Waals surface area (Å²) in [6.45, 7) is -0.594. The van der Waals surface area contributed by atoms with E-state index < -0.39 is 29.2 Å². The highest BCUT2D eigenvalue weighted by atomic mass is 19.1. The highest BCUT2D eigenvalue weighted by Crippen LogP contribution is 2.18. The van der Waals surface area contributed by atoms with Crippen molar-refractivity contribution in [2.75, 3.05) is 19.0 Å². The molecule has 130 valence electrons. The van der Waals surface area contributed by atoms with Crippen LogP contribution in [0.5, 0.6) is 5.75 Å². The first-order chi connectivity index (χ1) is 11.9. The van der Waals surface area contributed by atoms with Gasteiger partial charge in [-0.3, -0.25) is 14.9 Å². The van der Waals surface area contributed by atoms with Gasteiger partial charge in [0.1, 0.15) is 0 Å². The van der Waals surface area contributed by atoms with Gasteiger partial charge in [0, 0.05) is 17.8 Å². The normalized spacial score (nSPS) is 10.0. The minimum atomic E-state index is -0.875. The maximum absolute atomic E-state index is 13.5. The molecule has 0 saturated carbocycles. The number of carbonyl (C=O) groups excluding carboxylic acids is 2. The third-order valence-electron chi connectivity index (χ3n) is 3.08. The van der Waals surface area contributed by atoms with Crippen LogP contribution in [-0.4, -0.2) is 30.5 Å². The lowest BCUT2D eigenvalue weighted by Gasteiger charge is -2.07. The molecule has 9 heteroatoms. The average Bonchev–Trinajstić information content (AvgIpc) is 2.60. The summed E-state index contributed by atoms with van der Waals surface area (Å²) >= 11 is 0. The molecule has 0 spiro atoms. The predicted octanol–water partition coefficient (Wildman–Crippen LogP) is 2.54. The van der Waals surface area contributed by atoms with Crippen molar-refractivity contribution in [1.82, 2.24) is 0 Å². The number of nitro benzene ring substituents is 1. The summed E-state index contributed by atoms with van der Waals surface area (Å²) in [4.78, 5) is 33.5. The van der Waals surface area contributed by atoms with Crippen LogP contribution in [0.4, 0.5) is 15.8 Å². The molecule has 2 rings (SSSR count). The number of anilines is 1. The van der Waals surface area contributed by atoms with Gasteiger partial charge in [0.25, 0.3) is 11.6 Å². The Kier molecular flexibility index (Phi) is 5.62. The molecule has 2 aromatic rings. The number of nitrogens with one attached hydrogen (secondary N) is 1. The monoisotopic (exact) mass is 348 g/mol. The van der Waals surface area contributed by atoms with Gasteiger partial charge >= 0.3 is 5.97 Å². The largest absolute Gasteiger partial charge is 0.494 e. The fraction of sp³-hybridized carbons (Fsp3) is 0.125. The minimum absolute atomic E-state index is 0.0209. The number of nitro groups is 1. The van der Waals surface area contributed by atoms with E-state index in [1.807, 2.05) is 0 Å². The van der Waals surface area contributed by atoms with Crippen LogP contribution in [0.15, 0.2) is 42.5 Å². The summed E-state index contributed by atoms with van der Waals surface area (Å²) < 4.78 is 23.0. The van der Waals surface area contributed by atoms with E-state index in [2.05, 4.69) is 5.32 Å². The quantitative estimate of drug-likeness (QED) is 0.488. The molecule has 0 unspecified atom stereocenters. The first kappa shape index (κ1) is 17.9. The number of non-ortho nitro benzene ring substituents is 1. The molecule has 0 bridgehead atoms. The maximum atomic E-state index is 13.5. The number of hydrogen-bond acceptors (Lipinski definition) is 6. The molecule has 0 aliphatic rings. The Bertz CT molecular complexity index is 807. The van der Waals surface area contributed by atoms with Crippen LogP contribution in [0.25, 0.3) is 0 Å². The molecule has 0 radical (unpaired) electrons. The molecule has 0 aliphatic carbocycles. The number of nitrogens with zero attached hydrogens (tertiary/aromatic N) is 1. The number of amides is 1. The van der Waals surface area contributed by atoms with E-state index in [-0.39, 0.29) is 17.0 Å². The number of carbonyl (C=O) groups is 2. The van der Waals surface area contributed by atoms with Crippen LogP contribution in [0.3, 0.4) is 0 Å². The Morgan fingerprint density at radius 3 is 2.44 bits per heavy atom. The summed E-state index contributed by atoms with van der Waals surface area (Å²) in [5.41, 5.74) is 0.120. The van der Waals surface area contributed by atoms with Crippen LogP contribution >= 0.6 is 0 Å². The Hall–Kier alpha value is -3.49. The van der Waals surface area contributed by atoms with Gasteiger partial charge in [0.15, 0.2) is 18.2 Å². The second-order valence-corrected chi connectivity index (χ2v) is 4.78. The second kappa shape index (κ2) is 7.86. The lowest BCUT2D eigenvalue weighted by molar-refractivity contribution is -0.384. The average molecular weight is 348 g/mol. The number of rotatable bonds is 6. The van der Waals surface area contributed by atoms with Crippen LogP contribution in [0.1, 0.15) is 10.4 Å². The lowest BCUT2D eigenvalue weighted by Crippen LogP contribution is -2.21. The van der Waals surface area contributed by atoms with E-state index >= 15 is 0 Å². The SMILES string of the molecule is COc1ccc(C(=O)OCC(=O)Nc2ccc([N+](=O)[O-])cc2)cc1F. The third kappa shape index (κ3) is 4.74. The van der Waals surface area contributed by atoms with E-state index in [9.17, 15) is 24.1 Å². The van der Waals surface area contributed by atoms with Gasteiger partial charge in [-0.25, -0.2) is 9.18 Å². The lowest BCUT2D eigenvalue weighted by atomic mass is 10.2. The molecular formula is C16H13FN2O6. The van der Waals surface area contributed by atoms with E-state index in [0.717, 1.165) is 6.07 Å². The van der Waals surface area contributed by atoms with Crippen molar-refractivity contribution in [3.63, 3.8) is 0 Å². The topological polar surface area (TPSA) is 108 Å². The molecule has 1 N–H and O–H groups in total. The van der Waals surface area contributed by atoms with Gasteiger partial charge in [-0.1, -0.05) is 0 Å². The highest BCUT2D eigenvalue weighted by Gasteiger charge is 2.13. The van der Waals surface area contributed by atoms with Crippen molar-refractivity contribution in [2.24, 2.45) is 0 Å². The first-order valence-electron chi connectivity index (χ1n) is 6.95. The summed E-state index contributed by atoms with van der Waals surface area (Å²) in [6, 6.07) is 8.65. The van der Waals surface area contributed by atoms with Crippen molar-refractivity contribution >= 4 is 23.3 Å². The molecule has 0 saturated heterocycles. The van der Waals surface area contributed by atoms with Crippen molar-refractivity contribution in [3.05, 3.63) is 64.0 Å². The number of esters is 1. The van der Waals surface area contributed by atoms with Crippen LogP contribution in [-0.2, 0) is 9.53 Å². The van der Waals surface area contributed by atoms with Gasteiger partial charge in [-0.15, -0.1) is 0 Å². The Morgan fingerprint density at radius 1 is 1.20 bits per heavy atom. The summed E-state index contributed by atoms with van der Waals surface area (Å²) in [5, 5.41) is 12.9. The number of ether oxygens (including phenoxy) is 2. The molecule has 0 aromatic heterocycles. The molecule has 0 atom stereocenters. The van der Waals surface area contributed by atoms with Crippen molar-refractivity contribution < 1.29 is 28.4 Å². The van der Waals surface area contributed by atoms with Crippen LogP contribution in [0, 0.1) is 15.9 Å². The number of benzene rings is 2. The predicted molar refractivity (Wildman–Crippen MR) is 85.0 cm³/mol. The Labute approximate surface area is 141 Å². The number of hydrogen-bond donors (Lipinski definition) is 1. The van der Waals surface area contributed by atoms with E-state index in [1.165, 1.54) is 43.5 Å². The molecular weight excluding hydrogens is 335 g/mol. The van der Waals surface area contributed by atoms with E-state index in [0.29, 0.717) is 5.69 Å². The first-order valence-corrected chi connectivity index (χ1v) is 6.95. The van der Waals surface area contributed by atoms with E-state index in [4.69, 9.17) is 9.47 Å². The van der Waals surface area contributed by atoms with Crippen molar-refractivity contribution in [3.8, 4) is 5.75 Å². The van der Waals surface area contributed by atoms with Crippen LogP contribution in [0.2, 0.25) is 0 Å². The van der Waals surface area contributed by atoms with E-state index in [1.54, 1.807) is 0 Å². The summed E-state index contributed by atoms with van der Waals surface area (Å²) in [5.74, 6) is -2.27. The molecule has 25 heavy (non-hydrogen) atoms. The highest BCUT2D eigenvalue weighted by molar-refractivity contribution is 5.95. The van der Waals surface area contributed by atoms with Gasteiger partial charge in [-0.05, 0) is 30.3 Å². The second-order valence-electron chi connectivity index (χ2n) is 4.78. The molecule has 1 amide bonds. The maximum Gasteiger partial charge on any atom is 0.338 e. The zero-order valence-corrected chi connectivity index (χ0v) is 13.0. The molecule has 2 aromatic carbocycles. The van der Waals surface area contributed by atoms with Gasteiger partial charge in [0.2, 0.25) is 0 Å². The third-order valence-corrected chi connectivity index (χ3v) is 3.08. The zero-order valence-electron chi connectivity index (χ0n) is 13.0. The van der Waals surface area contributed by atoms with Crippen LogP contribution < -0.4 is 10.1 Å². The number of halogens is 1. The fourth-order valence-corrected chi connectivity index (χ4v) is 1.87. The van der Waals surface area contributed by atoms with Gasteiger partial charge < -0.3 is 14.8 Å². The zero-order chi connectivity index (χ0) is 18.4. The summed E-state index contributed by atoms with van der Waals surface area (Å²) in [6.07, 6.45) is 0. The standard InChI is InChI=1S/C16H13FN2O6/c1-24-14-7-2-10(8-13(14)17)16(21)25-9-15(20)18-11-3-5-12(6-4-11)19(22)23/h2-8H,9H2,1H3,(H,18,20). The molecule has 8 nitrogen and oxygen atoms in total.